The maximum absolute atomic E-state index is 13.0. The van der Waals surface area contributed by atoms with Gasteiger partial charge in [-0.2, -0.15) is 0 Å². The number of benzene rings is 2. The Hall–Kier alpha value is -3.23. The van der Waals surface area contributed by atoms with Gasteiger partial charge in [0.1, 0.15) is 11.3 Å². The molecule has 2 amide bonds. The van der Waals surface area contributed by atoms with Crippen LogP contribution in [0.2, 0.25) is 5.02 Å². The van der Waals surface area contributed by atoms with Gasteiger partial charge in [0.15, 0.2) is 11.2 Å². The quantitative estimate of drug-likeness (QED) is 0.430. The van der Waals surface area contributed by atoms with Crippen LogP contribution in [0.25, 0.3) is 6.08 Å². The number of hydrogen-bond donors (Lipinski definition) is 2. The lowest BCUT2D eigenvalue weighted by Gasteiger charge is -2.29. The summed E-state index contributed by atoms with van der Waals surface area (Å²) in [7, 11) is 0. The maximum atomic E-state index is 13.0. The molecule has 2 aromatic carbocycles. The average Bonchev–Trinajstić information content (AvgIpc) is 2.67. The van der Waals surface area contributed by atoms with E-state index >= 15 is 0 Å². The van der Waals surface area contributed by atoms with Gasteiger partial charge >= 0.3 is 5.97 Å². The number of anilines is 1. The van der Waals surface area contributed by atoms with Crippen molar-refractivity contribution in [3.63, 3.8) is 0 Å². The van der Waals surface area contributed by atoms with E-state index in [4.69, 9.17) is 33.7 Å². The first-order valence-electron chi connectivity index (χ1n) is 8.43. The van der Waals surface area contributed by atoms with Gasteiger partial charge < -0.3 is 9.84 Å². The SMILES string of the molecule is C[C@@H](Oc1ccccc1/C=C1\C(=O)NC(=S)N(c2ccc(Cl)cc2)C1=O)C(=O)O. The Bertz CT molecular complexity index is 1040. The fraction of sp³-hybridized carbons (Fsp3) is 0.100. The molecule has 9 heteroatoms. The normalized spacial score (nSPS) is 16.6. The van der Waals surface area contributed by atoms with Crippen LogP contribution in [0.5, 0.6) is 5.75 Å². The Morgan fingerprint density at radius 3 is 2.52 bits per heavy atom. The number of nitrogens with one attached hydrogen (secondary N) is 1. The number of rotatable bonds is 5. The molecule has 1 saturated heterocycles. The summed E-state index contributed by atoms with van der Waals surface area (Å²) in [6, 6.07) is 12.9. The van der Waals surface area contributed by atoms with E-state index in [9.17, 15) is 14.4 Å². The van der Waals surface area contributed by atoms with Crippen molar-refractivity contribution in [1.82, 2.24) is 5.32 Å². The topological polar surface area (TPSA) is 95.9 Å². The summed E-state index contributed by atoms with van der Waals surface area (Å²) in [5, 5.41) is 12.0. The smallest absolute Gasteiger partial charge is 0.344 e. The minimum absolute atomic E-state index is 0.0523. The second-order valence-electron chi connectivity index (χ2n) is 6.07. The number of amides is 2. The molecular formula is C20H15ClN2O5S. The second-order valence-corrected chi connectivity index (χ2v) is 6.89. The highest BCUT2D eigenvalue weighted by Crippen LogP contribution is 2.26. The van der Waals surface area contributed by atoms with Gasteiger partial charge in [0.25, 0.3) is 11.8 Å². The predicted octanol–water partition coefficient (Wildman–Crippen LogP) is 3.02. The highest BCUT2D eigenvalue weighted by atomic mass is 35.5. The summed E-state index contributed by atoms with van der Waals surface area (Å²) in [6.45, 7) is 1.38. The van der Waals surface area contributed by atoms with Crippen molar-refractivity contribution in [2.75, 3.05) is 4.90 Å². The van der Waals surface area contributed by atoms with Crippen molar-refractivity contribution in [2.45, 2.75) is 13.0 Å². The maximum Gasteiger partial charge on any atom is 0.344 e. The van der Waals surface area contributed by atoms with Crippen LogP contribution < -0.4 is 15.0 Å². The lowest BCUT2D eigenvalue weighted by molar-refractivity contribution is -0.144. The van der Waals surface area contributed by atoms with Gasteiger partial charge in [-0.25, -0.2) is 4.79 Å². The second kappa shape index (κ2) is 8.42. The molecular weight excluding hydrogens is 416 g/mol. The number of carboxylic acids is 1. The molecule has 1 atom stereocenters. The summed E-state index contributed by atoms with van der Waals surface area (Å²) < 4.78 is 5.42. The molecule has 0 aromatic heterocycles. The van der Waals surface area contributed by atoms with Crippen LogP contribution in [0.1, 0.15) is 12.5 Å². The molecule has 0 bridgehead atoms. The zero-order chi connectivity index (χ0) is 21.1. The third kappa shape index (κ3) is 4.44. The van der Waals surface area contributed by atoms with Gasteiger partial charge in [-0.05, 0) is 55.5 Å². The van der Waals surface area contributed by atoms with Gasteiger partial charge in [-0.1, -0.05) is 29.8 Å². The molecule has 0 aliphatic carbocycles. The number of aliphatic carboxylic acids is 1. The first-order valence-corrected chi connectivity index (χ1v) is 9.22. The molecule has 3 rings (SSSR count). The number of carbonyl (C=O) groups excluding carboxylic acids is 2. The van der Waals surface area contributed by atoms with Crippen LogP contribution >= 0.6 is 23.8 Å². The number of para-hydroxylation sites is 1. The minimum atomic E-state index is -1.14. The molecule has 148 valence electrons. The van der Waals surface area contributed by atoms with E-state index in [0.29, 0.717) is 16.3 Å². The lowest BCUT2D eigenvalue weighted by Crippen LogP contribution is -2.54. The van der Waals surface area contributed by atoms with Crippen LogP contribution in [-0.4, -0.2) is 34.1 Å². The van der Waals surface area contributed by atoms with Crippen LogP contribution in [0.15, 0.2) is 54.1 Å². The van der Waals surface area contributed by atoms with E-state index in [1.807, 2.05) is 0 Å². The summed E-state index contributed by atoms with van der Waals surface area (Å²) in [6.07, 6.45) is 0.232. The van der Waals surface area contributed by atoms with Crippen molar-refractivity contribution in [1.29, 1.82) is 0 Å². The highest BCUT2D eigenvalue weighted by molar-refractivity contribution is 7.80. The Balaban J connectivity index is 1.99. The Kier molecular flexibility index (Phi) is 5.95. The zero-order valence-corrected chi connectivity index (χ0v) is 16.7. The predicted molar refractivity (Wildman–Crippen MR) is 112 cm³/mol. The number of carbonyl (C=O) groups is 3. The van der Waals surface area contributed by atoms with E-state index in [1.165, 1.54) is 17.9 Å². The monoisotopic (exact) mass is 430 g/mol. The molecule has 2 aromatic rings. The molecule has 0 radical (unpaired) electrons. The van der Waals surface area contributed by atoms with Crippen LogP contribution in [0, 0.1) is 0 Å². The first-order chi connectivity index (χ1) is 13.8. The number of carboxylic acid groups (broad SMARTS) is 1. The molecule has 0 saturated carbocycles. The zero-order valence-electron chi connectivity index (χ0n) is 15.1. The van der Waals surface area contributed by atoms with Gasteiger partial charge in [-0.15, -0.1) is 0 Å². The molecule has 0 spiro atoms. The summed E-state index contributed by atoms with van der Waals surface area (Å²) in [5.41, 5.74) is 0.648. The number of hydrogen-bond acceptors (Lipinski definition) is 5. The van der Waals surface area contributed by atoms with Crippen molar-refractivity contribution in [3.8, 4) is 5.75 Å². The molecule has 2 N–H and O–H groups in total. The Morgan fingerprint density at radius 2 is 1.86 bits per heavy atom. The third-order valence-corrected chi connectivity index (χ3v) is 4.59. The largest absolute Gasteiger partial charge is 0.479 e. The van der Waals surface area contributed by atoms with Crippen LogP contribution in [0.4, 0.5) is 5.69 Å². The Labute approximate surface area is 176 Å². The van der Waals surface area contributed by atoms with Gasteiger partial charge in [0, 0.05) is 10.6 Å². The number of thiocarbonyl (C=S) groups is 1. The standard InChI is InChI=1S/C20H15ClN2O5S/c1-11(19(26)27)28-16-5-3-2-4-12(16)10-15-17(24)22-20(29)23(18(15)25)14-8-6-13(21)7-9-14/h2-11H,1H3,(H,26,27)(H,22,24,29)/b15-10+/t11-/m1/s1. The highest BCUT2D eigenvalue weighted by Gasteiger charge is 2.34. The van der Waals surface area contributed by atoms with Crippen molar-refractivity contribution < 1.29 is 24.2 Å². The number of halogens is 1. The fourth-order valence-corrected chi connectivity index (χ4v) is 2.99. The van der Waals surface area contributed by atoms with Gasteiger partial charge in [-0.3, -0.25) is 19.8 Å². The summed E-state index contributed by atoms with van der Waals surface area (Å²) in [4.78, 5) is 37.7. The average molecular weight is 431 g/mol. The van der Waals surface area contributed by atoms with Gasteiger partial charge in [0.05, 0.1) is 5.69 Å². The van der Waals surface area contributed by atoms with Crippen LogP contribution in [-0.2, 0) is 14.4 Å². The molecule has 0 unspecified atom stereocenters. The lowest BCUT2D eigenvalue weighted by atomic mass is 10.1. The van der Waals surface area contributed by atoms with Gasteiger partial charge in [0.2, 0.25) is 0 Å². The van der Waals surface area contributed by atoms with Crippen molar-refractivity contribution >= 4 is 58.5 Å². The summed E-state index contributed by atoms with van der Waals surface area (Å²) in [5.74, 6) is -2.20. The fourth-order valence-electron chi connectivity index (χ4n) is 2.59. The van der Waals surface area contributed by atoms with E-state index in [0.717, 1.165) is 0 Å². The van der Waals surface area contributed by atoms with E-state index in [1.54, 1.807) is 48.5 Å². The van der Waals surface area contributed by atoms with Crippen molar-refractivity contribution in [2.24, 2.45) is 0 Å². The summed E-state index contributed by atoms with van der Waals surface area (Å²) >= 11 is 11.0. The third-order valence-electron chi connectivity index (χ3n) is 4.06. The molecule has 7 nitrogen and oxygen atoms in total. The number of nitrogens with zero attached hydrogens (tertiary/aromatic N) is 1. The molecule has 1 aliphatic heterocycles. The van der Waals surface area contributed by atoms with E-state index in [2.05, 4.69) is 5.32 Å². The molecule has 1 heterocycles. The van der Waals surface area contributed by atoms with E-state index in [-0.39, 0.29) is 16.4 Å². The van der Waals surface area contributed by atoms with Crippen molar-refractivity contribution in [3.05, 3.63) is 64.7 Å². The molecule has 1 fully saturated rings. The minimum Gasteiger partial charge on any atom is -0.479 e. The molecule has 1 aliphatic rings. The molecule has 29 heavy (non-hydrogen) atoms. The van der Waals surface area contributed by atoms with E-state index < -0.39 is 23.9 Å². The Morgan fingerprint density at radius 1 is 1.21 bits per heavy atom. The number of ether oxygens (including phenoxy) is 1. The first kappa shape index (κ1) is 20.5. The van der Waals surface area contributed by atoms with Crippen LogP contribution in [0.3, 0.4) is 0 Å².